The van der Waals surface area contributed by atoms with E-state index in [0.717, 1.165) is 32.5 Å². The molecule has 0 aliphatic carbocycles. The van der Waals surface area contributed by atoms with Gasteiger partial charge < -0.3 is 20.3 Å². The molecule has 0 amide bonds. The zero-order chi connectivity index (χ0) is 14.7. The predicted octanol–water partition coefficient (Wildman–Crippen LogP) is 0.706. The van der Waals surface area contributed by atoms with E-state index in [0.29, 0.717) is 12.5 Å². The molecule has 5 heteroatoms. The summed E-state index contributed by atoms with van der Waals surface area (Å²) < 4.78 is 10.2. The van der Waals surface area contributed by atoms with E-state index in [2.05, 4.69) is 18.7 Å². The van der Waals surface area contributed by atoms with Crippen LogP contribution < -0.4 is 5.73 Å². The van der Waals surface area contributed by atoms with Crippen LogP contribution in [0.15, 0.2) is 0 Å². The second-order valence-electron chi connectivity index (χ2n) is 5.42. The van der Waals surface area contributed by atoms with E-state index in [1.54, 1.807) is 14.2 Å². The van der Waals surface area contributed by atoms with Crippen molar-refractivity contribution in [3.63, 3.8) is 0 Å². The fraction of sp³-hybridized carbons (Fsp3) is 1.00. The third-order valence-electron chi connectivity index (χ3n) is 3.27. The summed E-state index contributed by atoms with van der Waals surface area (Å²) in [5.41, 5.74) is 6.23. The Bertz CT molecular complexity index is 203. The lowest BCUT2D eigenvalue weighted by Gasteiger charge is -2.35. The molecule has 2 atom stereocenters. The summed E-state index contributed by atoms with van der Waals surface area (Å²) in [5, 5.41) is 9.64. The highest BCUT2D eigenvalue weighted by molar-refractivity contribution is 4.82. The summed E-state index contributed by atoms with van der Waals surface area (Å²) in [7, 11) is 3.39. The monoisotopic (exact) mass is 276 g/mol. The van der Waals surface area contributed by atoms with Crippen LogP contribution in [0.4, 0.5) is 0 Å². The van der Waals surface area contributed by atoms with E-state index in [1.807, 2.05) is 0 Å². The minimum atomic E-state index is -0.00981. The number of ether oxygens (including phenoxy) is 2. The molecule has 0 aromatic carbocycles. The first-order chi connectivity index (χ1) is 9.06. The summed E-state index contributed by atoms with van der Waals surface area (Å²) in [4.78, 5) is 2.22. The van der Waals surface area contributed by atoms with Gasteiger partial charge in [-0.15, -0.1) is 0 Å². The average Bonchev–Trinajstić information content (AvgIpc) is 2.35. The molecule has 2 unspecified atom stereocenters. The van der Waals surface area contributed by atoms with Crippen molar-refractivity contribution in [1.82, 2.24) is 4.90 Å². The minimum Gasteiger partial charge on any atom is -0.395 e. The number of aliphatic hydroxyl groups excluding tert-OH is 1. The first-order valence-electron chi connectivity index (χ1n) is 7.15. The quantitative estimate of drug-likeness (QED) is 0.514. The largest absolute Gasteiger partial charge is 0.395 e. The fourth-order valence-corrected chi connectivity index (χ4v) is 2.29. The lowest BCUT2D eigenvalue weighted by atomic mass is 9.97. The average molecular weight is 276 g/mol. The molecule has 0 rings (SSSR count). The van der Waals surface area contributed by atoms with Gasteiger partial charge in [-0.1, -0.05) is 13.8 Å². The lowest BCUT2D eigenvalue weighted by molar-refractivity contribution is 0.0624. The Morgan fingerprint density at radius 2 is 1.74 bits per heavy atom. The highest BCUT2D eigenvalue weighted by Crippen LogP contribution is 2.12. The summed E-state index contributed by atoms with van der Waals surface area (Å²) in [6.07, 6.45) is 1.85. The maximum atomic E-state index is 9.64. The first kappa shape index (κ1) is 18.8. The number of rotatable bonds is 12. The first-order valence-corrected chi connectivity index (χ1v) is 7.15. The van der Waals surface area contributed by atoms with E-state index in [1.165, 1.54) is 0 Å². The van der Waals surface area contributed by atoms with Crippen LogP contribution in [0.25, 0.3) is 0 Å². The van der Waals surface area contributed by atoms with Crippen LogP contribution in [0.1, 0.15) is 26.7 Å². The Morgan fingerprint density at radius 3 is 2.21 bits per heavy atom. The molecule has 0 fully saturated rings. The van der Waals surface area contributed by atoms with Gasteiger partial charge in [0.05, 0.1) is 13.2 Å². The molecule has 0 saturated heterocycles. The fourth-order valence-electron chi connectivity index (χ4n) is 2.29. The van der Waals surface area contributed by atoms with Crippen molar-refractivity contribution in [3.05, 3.63) is 0 Å². The van der Waals surface area contributed by atoms with Crippen LogP contribution in [-0.2, 0) is 9.47 Å². The summed E-state index contributed by atoms with van der Waals surface area (Å²) >= 11 is 0. The Kier molecular flexibility index (Phi) is 11.5. The molecular formula is C14H32N2O3. The highest BCUT2D eigenvalue weighted by Gasteiger charge is 2.24. The lowest BCUT2D eigenvalue weighted by Crippen LogP contribution is -2.52. The second kappa shape index (κ2) is 11.6. The van der Waals surface area contributed by atoms with Crippen molar-refractivity contribution in [2.45, 2.75) is 38.8 Å². The molecule has 0 aliphatic heterocycles. The zero-order valence-corrected chi connectivity index (χ0v) is 13.0. The van der Waals surface area contributed by atoms with Crippen molar-refractivity contribution in [2.24, 2.45) is 11.7 Å². The molecule has 3 N–H and O–H groups in total. The summed E-state index contributed by atoms with van der Waals surface area (Å²) in [6, 6.07) is -0.0150. The molecule has 0 bridgehead atoms. The second-order valence-corrected chi connectivity index (χ2v) is 5.42. The van der Waals surface area contributed by atoms with Crippen LogP contribution in [0.2, 0.25) is 0 Å². The Hall–Kier alpha value is -0.200. The van der Waals surface area contributed by atoms with Gasteiger partial charge >= 0.3 is 0 Å². The van der Waals surface area contributed by atoms with Crippen LogP contribution in [0.3, 0.4) is 0 Å². The maximum absolute atomic E-state index is 9.64. The van der Waals surface area contributed by atoms with E-state index >= 15 is 0 Å². The summed E-state index contributed by atoms with van der Waals surface area (Å²) in [5.74, 6) is 0.535. The van der Waals surface area contributed by atoms with Crippen molar-refractivity contribution in [2.75, 3.05) is 47.1 Å². The molecule has 0 radical (unpaired) electrons. The predicted molar refractivity (Wildman–Crippen MR) is 78.2 cm³/mol. The van der Waals surface area contributed by atoms with E-state index < -0.39 is 0 Å². The number of aliphatic hydroxyl groups is 1. The van der Waals surface area contributed by atoms with Gasteiger partial charge in [0.15, 0.2) is 0 Å². The number of nitrogens with zero attached hydrogens (tertiary/aromatic N) is 1. The van der Waals surface area contributed by atoms with E-state index in [9.17, 15) is 5.11 Å². The number of methoxy groups -OCH3 is 2. The minimum absolute atomic E-state index is 0.00518. The Morgan fingerprint density at radius 1 is 1.11 bits per heavy atom. The van der Waals surface area contributed by atoms with Crippen LogP contribution >= 0.6 is 0 Å². The van der Waals surface area contributed by atoms with E-state index in [-0.39, 0.29) is 18.7 Å². The third-order valence-corrected chi connectivity index (χ3v) is 3.27. The van der Waals surface area contributed by atoms with Gasteiger partial charge in [0, 0.05) is 46.0 Å². The molecule has 0 spiro atoms. The number of hydrogen-bond donors (Lipinski definition) is 2. The normalized spacial score (nSPS) is 15.2. The van der Waals surface area contributed by atoms with Crippen molar-refractivity contribution < 1.29 is 14.6 Å². The molecule has 0 aromatic rings. The standard InChI is InChI=1S/C14H32N2O3/c1-12(2)10-13(15)14(11-17)16(7-9-19-4)6-5-8-18-3/h12-14,17H,5-11,15H2,1-4H3. The zero-order valence-electron chi connectivity index (χ0n) is 13.0. The molecule has 0 heterocycles. The molecule has 0 saturated carbocycles. The molecule has 19 heavy (non-hydrogen) atoms. The van der Waals surface area contributed by atoms with Crippen molar-refractivity contribution >= 4 is 0 Å². The number of nitrogens with two attached hydrogens (primary N) is 1. The van der Waals surface area contributed by atoms with Crippen LogP contribution in [0, 0.1) is 5.92 Å². The Balaban J connectivity index is 4.45. The third kappa shape index (κ3) is 8.55. The smallest absolute Gasteiger partial charge is 0.0601 e. The molecule has 0 aromatic heterocycles. The maximum Gasteiger partial charge on any atom is 0.0601 e. The van der Waals surface area contributed by atoms with Gasteiger partial charge in [-0.3, -0.25) is 4.90 Å². The molecule has 0 aliphatic rings. The topological polar surface area (TPSA) is 68.0 Å². The van der Waals surface area contributed by atoms with E-state index in [4.69, 9.17) is 15.2 Å². The molecule has 116 valence electrons. The van der Waals surface area contributed by atoms with Crippen LogP contribution in [0.5, 0.6) is 0 Å². The van der Waals surface area contributed by atoms with Gasteiger partial charge in [-0.25, -0.2) is 0 Å². The van der Waals surface area contributed by atoms with Crippen LogP contribution in [-0.4, -0.2) is 69.2 Å². The molecule has 5 nitrogen and oxygen atoms in total. The molecular weight excluding hydrogens is 244 g/mol. The summed E-state index contributed by atoms with van der Waals surface area (Å²) in [6.45, 7) is 7.42. The SMILES string of the molecule is COCCCN(CCOC)C(CO)C(N)CC(C)C. The van der Waals surface area contributed by atoms with Gasteiger partial charge in [-0.05, 0) is 18.8 Å². The number of hydrogen-bond acceptors (Lipinski definition) is 5. The Labute approximate surface area is 118 Å². The van der Waals surface area contributed by atoms with Gasteiger partial charge in [0.25, 0.3) is 0 Å². The highest BCUT2D eigenvalue weighted by atomic mass is 16.5. The van der Waals surface area contributed by atoms with Gasteiger partial charge in [0.1, 0.15) is 0 Å². The van der Waals surface area contributed by atoms with Gasteiger partial charge in [0.2, 0.25) is 0 Å². The van der Waals surface area contributed by atoms with Crippen molar-refractivity contribution in [1.29, 1.82) is 0 Å². The van der Waals surface area contributed by atoms with Crippen molar-refractivity contribution in [3.8, 4) is 0 Å². The van der Waals surface area contributed by atoms with Gasteiger partial charge in [-0.2, -0.15) is 0 Å².